The van der Waals surface area contributed by atoms with Crippen molar-refractivity contribution in [1.82, 2.24) is 25.1 Å². The highest BCUT2D eigenvalue weighted by Crippen LogP contribution is 2.22. The molecule has 156 valence electrons. The van der Waals surface area contributed by atoms with Crippen molar-refractivity contribution in [2.75, 3.05) is 18.0 Å². The Labute approximate surface area is 171 Å². The molecule has 1 amide bonds. The van der Waals surface area contributed by atoms with Crippen LogP contribution in [0.15, 0.2) is 48.9 Å². The van der Waals surface area contributed by atoms with Crippen LogP contribution in [0.25, 0.3) is 11.3 Å². The van der Waals surface area contributed by atoms with Crippen LogP contribution in [-0.4, -0.2) is 51.4 Å². The van der Waals surface area contributed by atoms with Gasteiger partial charge in [0.25, 0.3) is 5.91 Å². The molecule has 0 spiro atoms. The summed E-state index contributed by atoms with van der Waals surface area (Å²) in [6.45, 7) is -1.69. The number of benzene rings is 1. The number of aromatic nitrogens is 4. The predicted molar refractivity (Wildman–Crippen MR) is 105 cm³/mol. The number of amides is 1. The molecule has 2 aromatic heterocycles. The SMILES string of the molecule is Cn1cc(-c2ccnc(N3CCC(NC(=O)c4cccc(OC(F)F)c4)C3)n2)cn1. The summed E-state index contributed by atoms with van der Waals surface area (Å²) in [4.78, 5) is 23.5. The molecular formula is C20H20F2N6O2. The minimum absolute atomic E-state index is 0.0497. The van der Waals surface area contributed by atoms with Gasteiger partial charge in [-0.2, -0.15) is 13.9 Å². The average molecular weight is 414 g/mol. The minimum Gasteiger partial charge on any atom is -0.435 e. The summed E-state index contributed by atoms with van der Waals surface area (Å²) in [7, 11) is 1.84. The lowest BCUT2D eigenvalue weighted by atomic mass is 10.2. The van der Waals surface area contributed by atoms with Gasteiger partial charge in [0.1, 0.15) is 5.75 Å². The number of alkyl halides is 2. The molecule has 1 aliphatic heterocycles. The molecule has 10 heteroatoms. The second-order valence-corrected chi connectivity index (χ2v) is 6.96. The third-order valence-corrected chi connectivity index (χ3v) is 4.77. The maximum absolute atomic E-state index is 12.5. The Hall–Kier alpha value is -3.56. The Kier molecular flexibility index (Phi) is 5.55. The number of hydrogen-bond donors (Lipinski definition) is 1. The zero-order chi connectivity index (χ0) is 21.1. The van der Waals surface area contributed by atoms with Gasteiger partial charge in [0, 0.05) is 49.7 Å². The van der Waals surface area contributed by atoms with Crippen molar-refractivity contribution in [3.05, 3.63) is 54.5 Å². The third kappa shape index (κ3) is 4.53. The molecule has 1 N–H and O–H groups in total. The van der Waals surface area contributed by atoms with Crippen LogP contribution in [0, 0.1) is 0 Å². The van der Waals surface area contributed by atoms with Gasteiger partial charge in [0.05, 0.1) is 11.9 Å². The van der Waals surface area contributed by atoms with E-state index in [1.54, 1.807) is 23.1 Å². The molecule has 0 radical (unpaired) electrons. The monoisotopic (exact) mass is 414 g/mol. The largest absolute Gasteiger partial charge is 0.435 e. The number of carbonyl (C=O) groups excluding carboxylic acids is 1. The molecule has 1 aliphatic rings. The Bertz CT molecular complexity index is 1040. The number of hydrogen-bond acceptors (Lipinski definition) is 6. The van der Waals surface area contributed by atoms with Crippen LogP contribution in [-0.2, 0) is 7.05 Å². The molecule has 30 heavy (non-hydrogen) atoms. The smallest absolute Gasteiger partial charge is 0.387 e. The van der Waals surface area contributed by atoms with E-state index in [9.17, 15) is 13.6 Å². The maximum Gasteiger partial charge on any atom is 0.387 e. The number of rotatable bonds is 6. The number of nitrogens with one attached hydrogen (secondary N) is 1. The highest BCUT2D eigenvalue weighted by Gasteiger charge is 2.26. The molecule has 1 saturated heterocycles. The van der Waals surface area contributed by atoms with E-state index in [1.165, 1.54) is 18.2 Å². The Morgan fingerprint density at radius 2 is 2.20 bits per heavy atom. The van der Waals surface area contributed by atoms with Gasteiger partial charge in [-0.3, -0.25) is 9.48 Å². The fraction of sp³-hybridized carbons (Fsp3) is 0.300. The van der Waals surface area contributed by atoms with Crippen molar-refractivity contribution >= 4 is 11.9 Å². The molecule has 1 fully saturated rings. The summed E-state index contributed by atoms with van der Waals surface area (Å²) in [6.07, 6.45) is 6.04. The summed E-state index contributed by atoms with van der Waals surface area (Å²) in [5.74, 6) is 0.193. The van der Waals surface area contributed by atoms with Crippen LogP contribution < -0.4 is 15.0 Å². The van der Waals surface area contributed by atoms with Crippen LogP contribution >= 0.6 is 0 Å². The lowest BCUT2D eigenvalue weighted by molar-refractivity contribution is -0.0498. The van der Waals surface area contributed by atoms with Gasteiger partial charge in [0.15, 0.2) is 0 Å². The Morgan fingerprint density at radius 1 is 1.33 bits per heavy atom. The number of anilines is 1. The first-order valence-electron chi connectivity index (χ1n) is 9.40. The summed E-state index contributed by atoms with van der Waals surface area (Å²) in [5, 5.41) is 7.09. The average Bonchev–Trinajstić information content (AvgIpc) is 3.37. The molecule has 0 aliphatic carbocycles. The van der Waals surface area contributed by atoms with Gasteiger partial charge in [-0.05, 0) is 30.7 Å². The van der Waals surface area contributed by atoms with Gasteiger partial charge < -0.3 is 15.0 Å². The van der Waals surface area contributed by atoms with E-state index >= 15 is 0 Å². The summed E-state index contributed by atoms with van der Waals surface area (Å²) < 4.78 is 30.8. The molecule has 1 unspecified atom stereocenters. The van der Waals surface area contributed by atoms with Crippen LogP contribution in [0.1, 0.15) is 16.8 Å². The lowest BCUT2D eigenvalue weighted by Gasteiger charge is -2.17. The first-order valence-corrected chi connectivity index (χ1v) is 9.40. The zero-order valence-corrected chi connectivity index (χ0v) is 16.2. The second-order valence-electron chi connectivity index (χ2n) is 6.96. The van der Waals surface area contributed by atoms with E-state index in [1.807, 2.05) is 24.2 Å². The first-order chi connectivity index (χ1) is 14.5. The molecular weight excluding hydrogens is 394 g/mol. The lowest BCUT2D eigenvalue weighted by Crippen LogP contribution is -2.37. The van der Waals surface area contributed by atoms with E-state index in [2.05, 4.69) is 25.1 Å². The van der Waals surface area contributed by atoms with Crippen molar-refractivity contribution in [2.24, 2.45) is 7.05 Å². The zero-order valence-electron chi connectivity index (χ0n) is 16.2. The van der Waals surface area contributed by atoms with Gasteiger partial charge in [-0.25, -0.2) is 9.97 Å². The van der Waals surface area contributed by atoms with Crippen molar-refractivity contribution in [2.45, 2.75) is 19.1 Å². The van der Waals surface area contributed by atoms with Gasteiger partial charge in [-0.1, -0.05) is 6.07 Å². The maximum atomic E-state index is 12.5. The third-order valence-electron chi connectivity index (χ3n) is 4.77. The molecule has 0 bridgehead atoms. The normalized spacial score (nSPS) is 16.1. The Balaban J connectivity index is 1.40. The van der Waals surface area contributed by atoms with Crippen LogP contribution in [0.2, 0.25) is 0 Å². The number of aryl methyl sites for hydroxylation is 1. The van der Waals surface area contributed by atoms with Crippen molar-refractivity contribution in [3.8, 4) is 17.0 Å². The van der Waals surface area contributed by atoms with E-state index in [0.717, 1.165) is 17.7 Å². The number of carbonyl (C=O) groups is 1. The van der Waals surface area contributed by atoms with E-state index < -0.39 is 6.61 Å². The number of ether oxygens (including phenoxy) is 1. The van der Waals surface area contributed by atoms with Gasteiger partial charge in [-0.15, -0.1) is 0 Å². The summed E-state index contributed by atoms with van der Waals surface area (Å²) in [5.41, 5.74) is 1.94. The molecule has 3 aromatic rings. The second kappa shape index (κ2) is 8.44. The minimum atomic E-state index is -2.94. The Morgan fingerprint density at radius 3 is 2.97 bits per heavy atom. The number of halogens is 2. The van der Waals surface area contributed by atoms with Crippen LogP contribution in [0.3, 0.4) is 0 Å². The summed E-state index contributed by atoms with van der Waals surface area (Å²) >= 11 is 0. The quantitative estimate of drug-likeness (QED) is 0.667. The molecule has 0 saturated carbocycles. The van der Waals surface area contributed by atoms with Gasteiger partial charge in [0.2, 0.25) is 5.95 Å². The molecule has 3 heterocycles. The number of nitrogens with zero attached hydrogens (tertiary/aromatic N) is 5. The van der Waals surface area contributed by atoms with E-state index in [-0.39, 0.29) is 23.3 Å². The van der Waals surface area contributed by atoms with Crippen molar-refractivity contribution in [1.29, 1.82) is 0 Å². The fourth-order valence-electron chi connectivity index (χ4n) is 3.36. The molecule has 8 nitrogen and oxygen atoms in total. The fourth-order valence-corrected chi connectivity index (χ4v) is 3.36. The molecule has 1 aromatic carbocycles. The standard InChI is InChI=1S/C20H20F2N6O2/c1-27-11-14(10-24-27)17-5-7-23-20(26-17)28-8-6-15(12-28)25-18(29)13-3-2-4-16(9-13)30-19(21)22/h2-5,7,9-11,15,19H,6,8,12H2,1H3,(H,25,29). The summed E-state index contributed by atoms with van der Waals surface area (Å²) in [6, 6.07) is 7.46. The van der Waals surface area contributed by atoms with E-state index in [0.29, 0.717) is 19.0 Å². The van der Waals surface area contributed by atoms with Crippen LogP contribution in [0.5, 0.6) is 5.75 Å². The van der Waals surface area contributed by atoms with Crippen molar-refractivity contribution in [3.63, 3.8) is 0 Å². The van der Waals surface area contributed by atoms with E-state index in [4.69, 9.17) is 0 Å². The highest BCUT2D eigenvalue weighted by atomic mass is 19.3. The van der Waals surface area contributed by atoms with Crippen LogP contribution in [0.4, 0.5) is 14.7 Å². The van der Waals surface area contributed by atoms with Gasteiger partial charge >= 0.3 is 6.61 Å². The van der Waals surface area contributed by atoms with Crippen molar-refractivity contribution < 1.29 is 18.3 Å². The molecule has 4 rings (SSSR count). The predicted octanol–water partition coefficient (Wildman–Crippen LogP) is 2.49. The first kappa shape index (κ1) is 19.7. The topological polar surface area (TPSA) is 85.2 Å². The molecule has 1 atom stereocenters. The highest BCUT2D eigenvalue weighted by molar-refractivity contribution is 5.94.